The number of carbonyl (C=O) groups is 2. The molecule has 1 heterocycles. The molecule has 1 aliphatic heterocycles. The first kappa shape index (κ1) is 20.8. The Morgan fingerprint density at radius 2 is 1.74 bits per heavy atom. The van der Waals surface area contributed by atoms with Gasteiger partial charge >= 0.3 is 0 Å². The highest BCUT2D eigenvalue weighted by molar-refractivity contribution is 9.10. The van der Waals surface area contributed by atoms with E-state index >= 15 is 0 Å². The van der Waals surface area contributed by atoms with Gasteiger partial charge in [0, 0.05) is 15.7 Å². The molecule has 3 aromatic carbocycles. The van der Waals surface area contributed by atoms with Gasteiger partial charge in [0.1, 0.15) is 17.3 Å². The molecule has 7 heteroatoms. The number of amides is 1. The average Bonchev–Trinajstić information content (AvgIpc) is 3.01. The van der Waals surface area contributed by atoms with Gasteiger partial charge in [0.05, 0.1) is 11.6 Å². The van der Waals surface area contributed by atoms with Crippen LogP contribution in [0.5, 0.6) is 5.75 Å². The highest BCUT2D eigenvalue weighted by Crippen LogP contribution is 2.42. The van der Waals surface area contributed by atoms with Crippen molar-refractivity contribution in [2.75, 3.05) is 4.90 Å². The predicted molar refractivity (Wildman–Crippen MR) is 118 cm³/mol. The van der Waals surface area contributed by atoms with Gasteiger partial charge in [-0.2, -0.15) is 0 Å². The highest BCUT2D eigenvalue weighted by Gasteiger charge is 2.47. The number of aliphatic hydroxyl groups is 1. The normalized spacial score (nSPS) is 17.9. The summed E-state index contributed by atoms with van der Waals surface area (Å²) in [6, 6.07) is 15.4. The Morgan fingerprint density at radius 3 is 2.39 bits per heavy atom. The lowest BCUT2D eigenvalue weighted by Gasteiger charge is -2.25. The first-order valence-corrected chi connectivity index (χ1v) is 10.2. The van der Waals surface area contributed by atoms with Crippen molar-refractivity contribution < 1.29 is 24.2 Å². The topological polar surface area (TPSA) is 77.8 Å². The second kappa shape index (κ2) is 8.00. The van der Waals surface area contributed by atoms with Crippen molar-refractivity contribution in [1.82, 2.24) is 0 Å². The lowest BCUT2D eigenvalue weighted by atomic mass is 9.94. The second-order valence-corrected chi connectivity index (χ2v) is 8.06. The van der Waals surface area contributed by atoms with Crippen molar-refractivity contribution in [3.8, 4) is 5.75 Å². The Balaban J connectivity index is 1.96. The Morgan fingerprint density at radius 1 is 1.03 bits per heavy atom. The molecule has 4 rings (SSSR count). The number of anilines is 1. The summed E-state index contributed by atoms with van der Waals surface area (Å²) in [6.45, 7) is 1.84. The van der Waals surface area contributed by atoms with E-state index in [1.165, 1.54) is 30.3 Å². The maximum Gasteiger partial charge on any atom is 0.300 e. The van der Waals surface area contributed by atoms with Crippen molar-refractivity contribution in [3.05, 3.63) is 99.3 Å². The summed E-state index contributed by atoms with van der Waals surface area (Å²) in [6.07, 6.45) is 0. The molecule has 5 nitrogen and oxygen atoms in total. The number of phenols is 1. The third-order valence-corrected chi connectivity index (χ3v) is 6.06. The molecule has 0 saturated carbocycles. The van der Waals surface area contributed by atoms with E-state index in [9.17, 15) is 24.2 Å². The van der Waals surface area contributed by atoms with E-state index in [2.05, 4.69) is 15.9 Å². The summed E-state index contributed by atoms with van der Waals surface area (Å²) >= 11 is 3.40. The van der Waals surface area contributed by atoms with Gasteiger partial charge in [0.2, 0.25) is 0 Å². The third kappa shape index (κ3) is 3.72. The molecule has 1 fully saturated rings. The zero-order valence-electron chi connectivity index (χ0n) is 16.3. The maximum atomic E-state index is 13.9. The molecule has 0 aliphatic carbocycles. The van der Waals surface area contributed by atoms with Crippen LogP contribution in [-0.2, 0) is 9.59 Å². The van der Waals surface area contributed by atoms with Gasteiger partial charge in [-0.1, -0.05) is 40.2 Å². The van der Waals surface area contributed by atoms with E-state index < -0.39 is 23.5 Å². The minimum Gasteiger partial charge on any atom is -0.508 e. The molecule has 0 bridgehead atoms. The quantitative estimate of drug-likeness (QED) is 0.305. The number of halogens is 2. The van der Waals surface area contributed by atoms with Crippen LogP contribution in [0.3, 0.4) is 0 Å². The summed E-state index contributed by atoms with van der Waals surface area (Å²) in [5.74, 6) is -2.63. The van der Waals surface area contributed by atoms with E-state index in [0.29, 0.717) is 11.1 Å². The number of Topliss-reactive ketones (excluding diaryl/α,β-unsaturated/α-hetero) is 1. The van der Waals surface area contributed by atoms with Crippen LogP contribution in [0.15, 0.2) is 76.8 Å². The fourth-order valence-electron chi connectivity index (χ4n) is 3.64. The van der Waals surface area contributed by atoms with Crippen LogP contribution in [-0.4, -0.2) is 21.9 Å². The van der Waals surface area contributed by atoms with Gasteiger partial charge < -0.3 is 10.2 Å². The standard InChI is InChI=1S/C24H17BrFNO4/c1-13-11-15(7-10-19(13)25)22(29)20-21(14-5-8-18(28)9-6-14)27(24(31)23(20)30)17-4-2-3-16(26)12-17/h2-12,21,28-29H,1H3/b22-20+. The Bertz CT molecular complexity index is 1240. The van der Waals surface area contributed by atoms with Gasteiger partial charge in [-0.05, 0) is 60.5 Å². The number of aryl methyl sites for hydroxylation is 1. The zero-order chi connectivity index (χ0) is 22.3. The average molecular weight is 482 g/mol. The number of hydrogen-bond acceptors (Lipinski definition) is 4. The fraction of sp³-hybridized carbons (Fsp3) is 0.0833. The summed E-state index contributed by atoms with van der Waals surface area (Å²) < 4.78 is 14.7. The van der Waals surface area contributed by atoms with Crippen LogP contribution >= 0.6 is 15.9 Å². The van der Waals surface area contributed by atoms with Crippen LogP contribution in [0.4, 0.5) is 10.1 Å². The summed E-state index contributed by atoms with van der Waals surface area (Å²) in [4.78, 5) is 27.2. The molecule has 156 valence electrons. The second-order valence-electron chi connectivity index (χ2n) is 7.20. The number of rotatable bonds is 3. The lowest BCUT2D eigenvalue weighted by molar-refractivity contribution is -0.132. The number of hydrogen-bond donors (Lipinski definition) is 2. The van der Waals surface area contributed by atoms with Crippen molar-refractivity contribution in [2.24, 2.45) is 0 Å². The molecule has 0 spiro atoms. The van der Waals surface area contributed by atoms with Crippen LogP contribution in [0.25, 0.3) is 5.76 Å². The first-order chi connectivity index (χ1) is 14.8. The molecule has 2 N–H and O–H groups in total. The molecule has 1 saturated heterocycles. The summed E-state index contributed by atoms with van der Waals surface area (Å²) in [7, 11) is 0. The predicted octanol–water partition coefficient (Wildman–Crippen LogP) is 5.23. The van der Waals surface area contributed by atoms with Gasteiger partial charge in [0.15, 0.2) is 0 Å². The fourth-order valence-corrected chi connectivity index (χ4v) is 3.89. The maximum absolute atomic E-state index is 13.9. The molecule has 1 amide bonds. The SMILES string of the molecule is Cc1cc(/C(O)=C2\C(=O)C(=O)N(c3cccc(F)c3)C2c2ccc(O)cc2)ccc1Br. The van der Waals surface area contributed by atoms with Crippen molar-refractivity contribution in [2.45, 2.75) is 13.0 Å². The van der Waals surface area contributed by atoms with E-state index in [1.807, 2.05) is 6.92 Å². The minimum absolute atomic E-state index is 0.00925. The number of ketones is 1. The van der Waals surface area contributed by atoms with E-state index in [4.69, 9.17) is 0 Å². The Kier molecular flexibility index (Phi) is 5.37. The lowest BCUT2D eigenvalue weighted by Crippen LogP contribution is -2.29. The molecule has 0 radical (unpaired) electrons. The van der Waals surface area contributed by atoms with Gasteiger partial charge in [-0.25, -0.2) is 4.39 Å². The highest BCUT2D eigenvalue weighted by atomic mass is 79.9. The number of aromatic hydroxyl groups is 1. The van der Waals surface area contributed by atoms with E-state index in [1.54, 1.807) is 30.3 Å². The molecule has 1 aliphatic rings. The number of aliphatic hydroxyl groups excluding tert-OH is 1. The van der Waals surface area contributed by atoms with Crippen molar-refractivity contribution >= 4 is 39.1 Å². The summed E-state index contributed by atoms with van der Waals surface area (Å²) in [5, 5.41) is 20.7. The van der Waals surface area contributed by atoms with Crippen LogP contribution in [0.1, 0.15) is 22.7 Å². The molecular formula is C24H17BrFNO4. The van der Waals surface area contributed by atoms with E-state index in [0.717, 1.165) is 21.0 Å². The molecule has 0 aromatic heterocycles. The molecule has 1 atom stereocenters. The van der Waals surface area contributed by atoms with Crippen molar-refractivity contribution in [1.29, 1.82) is 0 Å². The molecular weight excluding hydrogens is 465 g/mol. The van der Waals surface area contributed by atoms with E-state index in [-0.39, 0.29) is 22.8 Å². The van der Waals surface area contributed by atoms with Crippen LogP contribution in [0, 0.1) is 12.7 Å². The van der Waals surface area contributed by atoms with Gasteiger partial charge in [0.25, 0.3) is 11.7 Å². The van der Waals surface area contributed by atoms with Crippen molar-refractivity contribution in [3.63, 3.8) is 0 Å². The van der Waals surface area contributed by atoms with Crippen LogP contribution in [0.2, 0.25) is 0 Å². The summed E-state index contributed by atoms with van der Waals surface area (Å²) in [5.41, 5.74) is 1.77. The number of nitrogens with zero attached hydrogens (tertiary/aromatic N) is 1. The number of phenolic OH excluding ortho intramolecular Hbond substituents is 1. The minimum atomic E-state index is -0.994. The number of benzene rings is 3. The van der Waals surface area contributed by atoms with Gasteiger partial charge in [-0.3, -0.25) is 14.5 Å². The third-order valence-electron chi connectivity index (χ3n) is 5.17. The van der Waals surface area contributed by atoms with Crippen LogP contribution < -0.4 is 4.90 Å². The monoisotopic (exact) mass is 481 g/mol. The Hall–Kier alpha value is -3.45. The Labute approximate surface area is 186 Å². The zero-order valence-corrected chi connectivity index (χ0v) is 17.9. The number of carbonyl (C=O) groups excluding carboxylic acids is 2. The first-order valence-electron chi connectivity index (χ1n) is 9.40. The molecule has 31 heavy (non-hydrogen) atoms. The molecule has 1 unspecified atom stereocenters. The molecule has 3 aromatic rings. The smallest absolute Gasteiger partial charge is 0.300 e. The largest absolute Gasteiger partial charge is 0.508 e. The van der Waals surface area contributed by atoms with Gasteiger partial charge in [-0.15, -0.1) is 0 Å².